The third-order valence-electron chi connectivity index (χ3n) is 5.11. The van der Waals surface area contributed by atoms with Gasteiger partial charge < -0.3 is 11.1 Å². The van der Waals surface area contributed by atoms with E-state index in [9.17, 15) is 0 Å². The quantitative estimate of drug-likeness (QED) is 0.758. The summed E-state index contributed by atoms with van der Waals surface area (Å²) in [5, 5.41) is 3.70. The van der Waals surface area contributed by atoms with E-state index >= 15 is 0 Å². The highest BCUT2D eigenvalue weighted by atomic mass is 15.1. The fourth-order valence-corrected chi connectivity index (χ4v) is 3.66. The lowest BCUT2D eigenvalue weighted by molar-refractivity contribution is 0.710. The van der Waals surface area contributed by atoms with E-state index < -0.39 is 0 Å². The second kappa shape index (κ2) is 3.32. The number of nitrogens with two attached hydrogens (primary N) is 1. The number of fused-ring (bicyclic) bond motifs is 3. The van der Waals surface area contributed by atoms with Crippen molar-refractivity contribution >= 4 is 11.4 Å². The minimum atomic E-state index is 0.272. The standard InChI is InChI=1S/C17H18N2/c1-10-16-17(10,2)14-9-12(18)8-13(15(14)19-16)11-6-4-3-5-7-11/h3-10,16,19H,18H2,1-2H3/t10?,16-,17?/m1/s1. The van der Waals surface area contributed by atoms with Crippen molar-refractivity contribution in [1.82, 2.24) is 0 Å². The molecule has 1 saturated carbocycles. The van der Waals surface area contributed by atoms with E-state index in [1.165, 1.54) is 22.4 Å². The smallest absolute Gasteiger partial charge is 0.0463 e. The summed E-state index contributed by atoms with van der Waals surface area (Å²) in [6.45, 7) is 4.65. The van der Waals surface area contributed by atoms with Crippen molar-refractivity contribution in [3.8, 4) is 11.1 Å². The van der Waals surface area contributed by atoms with Gasteiger partial charge in [0.15, 0.2) is 0 Å². The van der Waals surface area contributed by atoms with Crippen molar-refractivity contribution in [2.75, 3.05) is 11.1 Å². The molecule has 1 aliphatic heterocycles. The molecule has 4 rings (SSSR count). The van der Waals surface area contributed by atoms with Gasteiger partial charge >= 0.3 is 0 Å². The maximum atomic E-state index is 6.13. The van der Waals surface area contributed by atoms with Gasteiger partial charge in [-0.15, -0.1) is 0 Å². The molecule has 1 aliphatic carbocycles. The molecule has 2 aliphatic rings. The summed E-state index contributed by atoms with van der Waals surface area (Å²) in [6.07, 6.45) is 0. The van der Waals surface area contributed by atoms with Crippen LogP contribution in [0.3, 0.4) is 0 Å². The van der Waals surface area contributed by atoms with E-state index in [1.807, 2.05) is 6.07 Å². The molecule has 0 bridgehead atoms. The van der Waals surface area contributed by atoms with E-state index in [2.05, 4.69) is 55.6 Å². The number of benzene rings is 2. The van der Waals surface area contributed by atoms with E-state index in [0.29, 0.717) is 12.0 Å². The molecule has 2 nitrogen and oxygen atoms in total. The molecule has 3 N–H and O–H groups in total. The Bertz CT molecular complexity index is 662. The Morgan fingerprint density at radius 1 is 1.16 bits per heavy atom. The molecule has 1 heterocycles. The van der Waals surface area contributed by atoms with E-state index in [1.54, 1.807) is 0 Å². The Labute approximate surface area is 113 Å². The van der Waals surface area contributed by atoms with E-state index in [0.717, 1.165) is 5.69 Å². The van der Waals surface area contributed by atoms with Crippen LogP contribution < -0.4 is 11.1 Å². The van der Waals surface area contributed by atoms with Crippen molar-refractivity contribution < 1.29 is 0 Å². The van der Waals surface area contributed by atoms with Gasteiger partial charge in [-0.25, -0.2) is 0 Å². The molecule has 2 aromatic rings. The SMILES string of the molecule is CC1[C@H]2Nc3c(-c4ccccc4)cc(N)cc3C12C. The maximum Gasteiger partial charge on any atom is 0.0463 e. The summed E-state index contributed by atoms with van der Waals surface area (Å²) >= 11 is 0. The molecule has 0 saturated heterocycles. The zero-order chi connectivity index (χ0) is 13.2. The third kappa shape index (κ3) is 1.26. The second-order valence-corrected chi connectivity index (χ2v) is 6.05. The average molecular weight is 250 g/mol. The van der Waals surface area contributed by atoms with Crippen molar-refractivity contribution in [2.24, 2.45) is 5.92 Å². The fourth-order valence-electron chi connectivity index (χ4n) is 3.66. The molecular weight excluding hydrogens is 232 g/mol. The molecule has 0 spiro atoms. The van der Waals surface area contributed by atoms with Gasteiger partial charge in [-0.05, 0) is 29.2 Å². The number of hydrogen-bond acceptors (Lipinski definition) is 2. The third-order valence-corrected chi connectivity index (χ3v) is 5.11. The Morgan fingerprint density at radius 2 is 1.89 bits per heavy atom. The van der Waals surface area contributed by atoms with Crippen LogP contribution in [0.4, 0.5) is 11.4 Å². The van der Waals surface area contributed by atoms with Gasteiger partial charge in [0.1, 0.15) is 0 Å². The minimum Gasteiger partial charge on any atom is -0.399 e. The van der Waals surface area contributed by atoms with Gasteiger partial charge in [-0.1, -0.05) is 44.2 Å². The summed E-state index contributed by atoms with van der Waals surface area (Å²) < 4.78 is 0. The van der Waals surface area contributed by atoms with Crippen LogP contribution in [-0.4, -0.2) is 6.04 Å². The van der Waals surface area contributed by atoms with Crippen molar-refractivity contribution in [3.05, 3.63) is 48.0 Å². The molecule has 2 aromatic carbocycles. The number of anilines is 2. The van der Waals surface area contributed by atoms with Gasteiger partial charge in [-0.3, -0.25) is 0 Å². The normalized spacial score (nSPS) is 30.4. The Balaban J connectivity index is 1.94. The van der Waals surface area contributed by atoms with Crippen LogP contribution in [0, 0.1) is 5.92 Å². The molecule has 96 valence electrons. The highest BCUT2D eigenvalue weighted by molar-refractivity contribution is 5.88. The monoisotopic (exact) mass is 250 g/mol. The number of rotatable bonds is 1. The van der Waals surface area contributed by atoms with Crippen LogP contribution in [0.2, 0.25) is 0 Å². The van der Waals surface area contributed by atoms with Gasteiger partial charge in [-0.2, -0.15) is 0 Å². The maximum absolute atomic E-state index is 6.13. The molecule has 1 fully saturated rings. The van der Waals surface area contributed by atoms with Crippen LogP contribution in [0.25, 0.3) is 11.1 Å². The van der Waals surface area contributed by atoms with Gasteiger partial charge in [0.2, 0.25) is 0 Å². The largest absolute Gasteiger partial charge is 0.399 e. The molecular formula is C17H18N2. The van der Waals surface area contributed by atoms with Crippen LogP contribution in [-0.2, 0) is 5.41 Å². The Hall–Kier alpha value is -1.96. The molecule has 0 radical (unpaired) electrons. The van der Waals surface area contributed by atoms with Crippen molar-refractivity contribution in [2.45, 2.75) is 25.3 Å². The summed E-state index contributed by atoms with van der Waals surface area (Å²) in [6, 6.07) is 15.3. The number of nitrogens with one attached hydrogen (secondary N) is 1. The first-order valence-electron chi connectivity index (χ1n) is 6.88. The first-order chi connectivity index (χ1) is 9.12. The van der Waals surface area contributed by atoms with Crippen LogP contribution in [0.1, 0.15) is 19.4 Å². The van der Waals surface area contributed by atoms with Gasteiger partial charge in [0.05, 0.1) is 0 Å². The lowest BCUT2D eigenvalue weighted by Crippen LogP contribution is -2.04. The van der Waals surface area contributed by atoms with Crippen LogP contribution in [0.15, 0.2) is 42.5 Å². The molecule has 2 heteroatoms. The number of hydrogen-bond donors (Lipinski definition) is 2. The highest BCUT2D eigenvalue weighted by Gasteiger charge is 2.64. The topological polar surface area (TPSA) is 38.0 Å². The molecule has 3 atom stereocenters. The summed E-state index contributed by atoms with van der Waals surface area (Å²) in [7, 11) is 0. The molecule has 2 unspecified atom stereocenters. The fraction of sp³-hybridized carbons (Fsp3) is 0.294. The predicted octanol–water partition coefficient (Wildman–Crippen LogP) is 3.64. The zero-order valence-corrected chi connectivity index (χ0v) is 11.3. The zero-order valence-electron chi connectivity index (χ0n) is 11.3. The molecule has 19 heavy (non-hydrogen) atoms. The Kier molecular flexibility index (Phi) is 1.91. The highest BCUT2D eigenvalue weighted by Crippen LogP contribution is 2.63. The summed E-state index contributed by atoms with van der Waals surface area (Å²) in [5.74, 6) is 0.699. The van der Waals surface area contributed by atoms with Crippen LogP contribution >= 0.6 is 0 Å². The van der Waals surface area contributed by atoms with Gasteiger partial charge in [0, 0.05) is 28.4 Å². The first-order valence-corrected chi connectivity index (χ1v) is 6.88. The summed E-state index contributed by atoms with van der Waals surface area (Å²) in [4.78, 5) is 0. The first kappa shape index (κ1) is 10.9. The second-order valence-electron chi connectivity index (χ2n) is 6.05. The number of nitrogen functional groups attached to an aromatic ring is 1. The van der Waals surface area contributed by atoms with Crippen molar-refractivity contribution in [3.63, 3.8) is 0 Å². The minimum absolute atomic E-state index is 0.272. The van der Waals surface area contributed by atoms with Crippen molar-refractivity contribution in [1.29, 1.82) is 0 Å². The van der Waals surface area contributed by atoms with E-state index in [-0.39, 0.29) is 5.41 Å². The average Bonchev–Trinajstić information content (AvgIpc) is 2.79. The van der Waals surface area contributed by atoms with Crippen LogP contribution in [0.5, 0.6) is 0 Å². The lowest BCUT2D eigenvalue weighted by atomic mass is 9.91. The Morgan fingerprint density at radius 3 is 2.63 bits per heavy atom. The summed E-state index contributed by atoms with van der Waals surface area (Å²) in [5.41, 5.74) is 12.4. The van der Waals surface area contributed by atoms with Gasteiger partial charge in [0.25, 0.3) is 0 Å². The molecule has 0 aromatic heterocycles. The van der Waals surface area contributed by atoms with E-state index in [4.69, 9.17) is 5.73 Å². The predicted molar refractivity (Wildman–Crippen MR) is 80.2 cm³/mol. The lowest BCUT2D eigenvalue weighted by Gasteiger charge is -2.16. The molecule has 0 amide bonds.